The fraction of sp³-hybridized carbons (Fsp3) is 1.00. The summed E-state index contributed by atoms with van der Waals surface area (Å²) < 4.78 is 28.6. The molecule has 2 atom stereocenters. The standard InChI is InChI=1S/C10H20N2O3S/c1-10(2)7-15-4-3-12(10)9-6-16(13,14)5-8(9)11/h8-9H,3-7,11H2,1-2H3. The van der Waals surface area contributed by atoms with Gasteiger partial charge in [-0.1, -0.05) is 0 Å². The van der Waals surface area contributed by atoms with Gasteiger partial charge in [0.05, 0.1) is 24.7 Å². The Bertz CT molecular complexity index is 366. The molecule has 0 amide bonds. The predicted octanol–water partition coefficient (Wildman–Crippen LogP) is -0.778. The molecule has 0 bridgehead atoms. The average Bonchev–Trinajstić information content (AvgIpc) is 2.39. The van der Waals surface area contributed by atoms with Gasteiger partial charge in [-0.2, -0.15) is 0 Å². The molecule has 2 aliphatic rings. The molecule has 5 nitrogen and oxygen atoms in total. The second-order valence-electron chi connectivity index (χ2n) is 5.37. The van der Waals surface area contributed by atoms with Crippen molar-refractivity contribution in [2.45, 2.75) is 31.5 Å². The Hall–Kier alpha value is -0.170. The van der Waals surface area contributed by atoms with E-state index in [2.05, 4.69) is 18.7 Å². The van der Waals surface area contributed by atoms with Crippen LogP contribution in [-0.2, 0) is 14.6 Å². The van der Waals surface area contributed by atoms with Crippen LogP contribution in [0.4, 0.5) is 0 Å². The Balaban J connectivity index is 2.18. The summed E-state index contributed by atoms with van der Waals surface area (Å²) >= 11 is 0. The maximum absolute atomic E-state index is 11.6. The lowest BCUT2D eigenvalue weighted by atomic mass is 9.98. The number of nitrogens with two attached hydrogens (primary N) is 1. The Kier molecular flexibility index (Phi) is 3.03. The Morgan fingerprint density at radius 3 is 2.56 bits per heavy atom. The van der Waals surface area contributed by atoms with Crippen molar-refractivity contribution in [3.05, 3.63) is 0 Å². The van der Waals surface area contributed by atoms with Crippen molar-refractivity contribution in [1.82, 2.24) is 4.90 Å². The largest absolute Gasteiger partial charge is 0.378 e. The normalized spacial score (nSPS) is 38.7. The van der Waals surface area contributed by atoms with E-state index in [0.717, 1.165) is 6.54 Å². The van der Waals surface area contributed by atoms with Gasteiger partial charge in [-0.05, 0) is 13.8 Å². The second kappa shape index (κ2) is 3.94. The lowest BCUT2D eigenvalue weighted by molar-refractivity contribution is -0.0696. The maximum Gasteiger partial charge on any atom is 0.153 e. The van der Waals surface area contributed by atoms with Gasteiger partial charge < -0.3 is 10.5 Å². The summed E-state index contributed by atoms with van der Waals surface area (Å²) in [5, 5.41) is 0. The van der Waals surface area contributed by atoms with Gasteiger partial charge in [-0.25, -0.2) is 8.42 Å². The van der Waals surface area contributed by atoms with E-state index in [-0.39, 0.29) is 29.1 Å². The van der Waals surface area contributed by atoms with E-state index >= 15 is 0 Å². The summed E-state index contributed by atoms with van der Waals surface area (Å²) in [6.07, 6.45) is 0. The molecule has 0 radical (unpaired) electrons. The van der Waals surface area contributed by atoms with Crippen LogP contribution in [0.5, 0.6) is 0 Å². The van der Waals surface area contributed by atoms with E-state index in [1.807, 2.05) is 0 Å². The molecule has 2 heterocycles. The molecule has 0 aromatic heterocycles. The highest BCUT2D eigenvalue weighted by Crippen LogP contribution is 2.27. The number of morpholine rings is 1. The zero-order chi connectivity index (χ0) is 12.0. The lowest BCUT2D eigenvalue weighted by Gasteiger charge is -2.46. The van der Waals surface area contributed by atoms with Crippen LogP contribution in [0.25, 0.3) is 0 Å². The molecular formula is C10H20N2O3S. The quantitative estimate of drug-likeness (QED) is 0.659. The number of ether oxygens (including phenoxy) is 1. The van der Waals surface area contributed by atoms with Gasteiger partial charge in [0, 0.05) is 24.2 Å². The topological polar surface area (TPSA) is 72.6 Å². The van der Waals surface area contributed by atoms with Crippen LogP contribution in [0.2, 0.25) is 0 Å². The fourth-order valence-corrected chi connectivity index (χ4v) is 4.55. The summed E-state index contributed by atoms with van der Waals surface area (Å²) in [7, 11) is -2.95. The first kappa shape index (κ1) is 12.3. The summed E-state index contributed by atoms with van der Waals surface area (Å²) in [6, 6.07) is -0.314. The molecule has 0 saturated carbocycles. The van der Waals surface area contributed by atoms with Crippen molar-refractivity contribution in [3.8, 4) is 0 Å². The van der Waals surface area contributed by atoms with Gasteiger partial charge >= 0.3 is 0 Å². The highest BCUT2D eigenvalue weighted by atomic mass is 32.2. The van der Waals surface area contributed by atoms with Crippen molar-refractivity contribution in [3.63, 3.8) is 0 Å². The molecule has 2 N–H and O–H groups in total. The molecule has 0 aromatic rings. The highest BCUT2D eigenvalue weighted by molar-refractivity contribution is 7.91. The van der Waals surface area contributed by atoms with Gasteiger partial charge in [-0.15, -0.1) is 0 Å². The number of hydrogen-bond donors (Lipinski definition) is 1. The molecule has 0 spiro atoms. The third-order valence-corrected chi connectivity index (χ3v) is 5.22. The van der Waals surface area contributed by atoms with Crippen LogP contribution < -0.4 is 5.73 Å². The van der Waals surface area contributed by atoms with Gasteiger partial charge in [0.25, 0.3) is 0 Å². The van der Waals surface area contributed by atoms with Crippen molar-refractivity contribution in [2.24, 2.45) is 5.73 Å². The van der Waals surface area contributed by atoms with Crippen LogP contribution in [-0.4, -0.2) is 62.2 Å². The van der Waals surface area contributed by atoms with E-state index < -0.39 is 9.84 Å². The third-order valence-electron chi connectivity index (χ3n) is 3.47. The second-order valence-corrected chi connectivity index (χ2v) is 7.52. The first-order valence-corrected chi connectivity index (χ1v) is 7.44. The summed E-state index contributed by atoms with van der Waals surface area (Å²) in [6.45, 7) is 6.21. The van der Waals surface area contributed by atoms with Crippen LogP contribution in [0.3, 0.4) is 0 Å². The number of hydrogen-bond acceptors (Lipinski definition) is 5. The van der Waals surface area contributed by atoms with Crippen LogP contribution in [0.1, 0.15) is 13.8 Å². The van der Waals surface area contributed by atoms with Gasteiger partial charge in [-0.3, -0.25) is 4.90 Å². The van der Waals surface area contributed by atoms with E-state index in [4.69, 9.17) is 10.5 Å². The Morgan fingerprint density at radius 1 is 1.38 bits per heavy atom. The van der Waals surface area contributed by atoms with Gasteiger partial charge in [0.15, 0.2) is 9.84 Å². The molecule has 2 rings (SSSR count). The smallest absolute Gasteiger partial charge is 0.153 e. The zero-order valence-corrected chi connectivity index (χ0v) is 10.7. The van der Waals surface area contributed by atoms with Crippen LogP contribution in [0, 0.1) is 0 Å². The Morgan fingerprint density at radius 2 is 2.06 bits per heavy atom. The molecular weight excluding hydrogens is 228 g/mol. The molecule has 2 aliphatic heterocycles. The highest BCUT2D eigenvalue weighted by Gasteiger charge is 2.44. The lowest BCUT2D eigenvalue weighted by Crippen LogP contribution is -2.61. The molecule has 2 saturated heterocycles. The van der Waals surface area contributed by atoms with Gasteiger partial charge in [0.1, 0.15) is 0 Å². The molecule has 6 heteroatoms. The first-order valence-electron chi connectivity index (χ1n) is 5.62. The minimum Gasteiger partial charge on any atom is -0.378 e. The molecule has 94 valence electrons. The predicted molar refractivity (Wildman–Crippen MR) is 62.0 cm³/mol. The molecule has 16 heavy (non-hydrogen) atoms. The van der Waals surface area contributed by atoms with Crippen molar-refractivity contribution in [2.75, 3.05) is 31.3 Å². The number of nitrogens with zero attached hydrogens (tertiary/aromatic N) is 1. The van der Waals surface area contributed by atoms with E-state index in [1.54, 1.807) is 0 Å². The minimum atomic E-state index is -2.95. The first-order chi connectivity index (χ1) is 7.32. The molecule has 2 unspecified atom stereocenters. The summed E-state index contributed by atoms with van der Waals surface area (Å²) in [5.41, 5.74) is 5.82. The molecule has 0 aromatic carbocycles. The molecule has 2 fully saturated rings. The van der Waals surface area contributed by atoms with Crippen molar-refractivity contribution in [1.29, 1.82) is 0 Å². The monoisotopic (exact) mass is 248 g/mol. The van der Waals surface area contributed by atoms with E-state index in [9.17, 15) is 8.42 Å². The van der Waals surface area contributed by atoms with E-state index in [1.165, 1.54) is 0 Å². The van der Waals surface area contributed by atoms with Crippen LogP contribution >= 0.6 is 0 Å². The Labute approximate surface area is 96.9 Å². The van der Waals surface area contributed by atoms with Crippen LogP contribution in [0.15, 0.2) is 0 Å². The van der Waals surface area contributed by atoms with Gasteiger partial charge in [0.2, 0.25) is 0 Å². The van der Waals surface area contributed by atoms with Crippen molar-refractivity contribution < 1.29 is 13.2 Å². The van der Waals surface area contributed by atoms with E-state index in [0.29, 0.717) is 13.2 Å². The summed E-state index contributed by atoms with van der Waals surface area (Å²) in [4.78, 5) is 2.20. The summed E-state index contributed by atoms with van der Waals surface area (Å²) in [5.74, 6) is 0.308. The SMILES string of the molecule is CC1(C)COCCN1C1CS(=O)(=O)CC1N. The number of sulfone groups is 1. The fourth-order valence-electron chi connectivity index (χ4n) is 2.66. The maximum atomic E-state index is 11.6. The average molecular weight is 248 g/mol. The number of rotatable bonds is 1. The third kappa shape index (κ3) is 2.25. The van der Waals surface area contributed by atoms with Crippen molar-refractivity contribution >= 4 is 9.84 Å². The minimum absolute atomic E-state index is 0.0519. The zero-order valence-electron chi connectivity index (χ0n) is 9.85. The molecule has 0 aliphatic carbocycles.